The number of halogens is 4. The lowest BCUT2D eigenvalue weighted by Gasteiger charge is -2.33. The van der Waals surface area contributed by atoms with Crippen molar-refractivity contribution in [2.24, 2.45) is 5.41 Å². The molecule has 1 saturated carbocycles. The van der Waals surface area contributed by atoms with Crippen LogP contribution in [0, 0.1) is 18.2 Å². The Bertz CT molecular complexity index is 1090. The topological polar surface area (TPSA) is 55.1 Å². The molecule has 1 N–H and O–H groups in total. The molecule has 0 amide bonds. The van der Waals surface area contributed by atoms with Gasteiger partial charge in [-0.2, -0.15) is 22.7 Å². The maximum atomic E-state index is 14.3. The normalized spacial score (nSPS) is 16.1. The first-order chi connectivity index (χ1) is 13.9. The van der Waals surface area contributed by atoms with Crippen molar-refractivity contribution in [3.63, 3.8) is 0 Å². The molecule has 1 atom stereocenters. The van der Waals surface area contributed by atoms with Gasteiger partial charge in [0.1, 0.15) is 11.6 Å². The Balaban J connectivity index is 1.75. The Morgan fingerprint density at radius 1 is 1.10 bits per heavy atom. The number of alkyl halides is 3. The average Bonchev–Trinajstić information content (AvgIpc) is 3.37. The third-order valence-electron chi connectivity index (χ3n) is 5.19. The lowest BCUT2D eigenvalue weighted by Crippen LogP contribution is -2.27. The van der Waals surface area contributed by atoms with E-state index >= 15 is 0 Å². The van der Waals surface area contributed by atoms with Gasteiger partial charge >= 0.3 is 6.18 Å². The number of nitrogens with one attached hydrogen (secondary N) is 1. The number of benzene rings is 1. The molecule has 160 valence electrons. The summed E-state index contributed by atoms with van der Waals surface area (Å²) in [6.07, 6.45) is -2.64. The van der Waals surface area contributed by atoms with Gasteiger partial charge in [-0.15, -0.1) is 5.10 Å². The van der Waals surface area contributed by atoms with Crippen LogP contribution < -0.4 is 5.32 Å². The minimum atomic E-state index is -4.73. The maximum Gasteiger partial charge on any atom is 0.419 e. The molecule has 0 bridgehead atoms. The van der Waals surface area contributed by atoms with E-state index in [0.29, 0.717) is 23.1 Å². The molecule has 9 heteroatoms. The molecule has 2 heterocycles. The Morgan fingerprint density at radius 2 is 1.80 bits per heavy atom. The molecular formula is C21H23F4N5. The van der Waals surface area contributed by atoms with Gasteiger partial charge in [-0.3, -0.25) is 0 Å². The second-order valence-electron chi connectivity index (χ2n) is 8.92. The zero-order valence-electron chi connectivity index (χ0n) is 17.2. The summed E-state index contributed by atoms with van der Waals surface area (Å²) in [4.78, 5) is 8.93. The monoisotopic (exact) mass is 421 g/mol. The third kappa shape index (κ3) is 3.97. The van der Waals surface area contributed by atoms with Gasteiger partial charge in [-0.1, -0.05) is 26.8 Å². The van der Waals surface area contributed by atoms with Crippen LogP contribution in [0.4, 0.5) is 23.4 Å². The first kappa shape index (κ1) is 20.6. The molecule has 1 fully saturated rings. The molecule has 1 aliphatic rings. The summed E-state index contributed by atoms with van der Waals surface area (Å²) in [5.41, 5.74) is -0.564. The van der Waals surface area contributed by atoms with E-state index in [9.17, 15) is 17.6 Å². The Morgan fingerprint density at radius 3 is 2.37 bits per heavy atom. The SMILES string of the molecule is Cc1cc(N[C@@H](c2ccc(C(F)(F)F)c(F)c2)C(C)(C)C)n2nc(C3CC3)nc2n1. The highest BCUT2D eigenvalue weighted by Crippen LogP contribution is 2.40. The minimum Gasteiger partial charge on any atom is -0.363 e. The zero-order chi connectivity index (χ0) is 21.8. The van der Waals surface area contributed by atoms with Gasteiger partial charge in [0.2, 0.25) is 0 Å². The lowest BCUT2D eigenvalue weighted by molar-refractivity contribution is -0.140. The molecule has 0 saturated heterocycles. The number of nitrogens with zero attached hydrogens (tertiary/aromatic N) is 4. The van der Waals surface area contributed by atoms with E-state index in [4.69, 9.17) is 0 Å². The molecule has 4 rings (SSSR count). The second kappa shape index (κ2) is 6.92. The number of hydrogen-bond donors (Lipinski definition) is 1. The minimum absolute atomic E-state index is 0.349. The summed E-state index contributed by atoms with van der Waals surface area (Å²) in [5, 5.41) is 7.92. The van der Waals surface area contributed by atoms with Crippen LogP contribution in [0.15, 0.2) is 24.3 Å². The number of rotatable bonds is 4. The molecule has 3 aromatic rings. The van der Waals surface area contributed by atoms with Crippen LogP contribution in [0.3, 0.4) is 0 Å². The number of fused-ring (bicyclic) bond motifs is 1. The molecule has 0 radical (unpaired) electrons. The largest absolute Gasteiger partial charge is 0.419 e. The van der Waals surface area contributed by atoms with Crippen LogP contribution in [0.1, 0.15) is 68.2 Å². The van der Waals surface area contributed by atoms with Gasteiger partial charge < -0.3 is 5.32 Å². The van der Waals surface area contributed by atoms with E-state index in [0.717, 1.165) is 36.5 Å². The van der Waals surface area contributed by atoms with Crippen LogP contribution in [-0.4, -0.2) is 19.6 Å². The summed E-state index contributed by atoms with van der Waals surface area (Å²) in [5.74, 6) is 0.873. The van der Waals surface area contributed by atoms with Crippen molar-refractivity contribution in [3.8, 4) is 0 Å². The number of anilines is 1. The molecule has 0 aliphatic heterocycles. The quantitative estimate of drug-likeness (QED) is 0.552. The highest BCUT2D eigenvalue weighted by atomic mass is 19.4. The maximum absolute atomic E-state index is 14.3. The number of aromatic nitrogens is 4. The Hall–Kier alpha value is -2.71. The molecule has 0 unspecified atom stereocenters. The van der Waals surface area contributed by atoms with E-state index in [1.807, 2.05) is 27.7 Å². The van der Waals surface area contributed by atoms with Crippen molar-refractivity contribution in [2.45, 2.75) is 58.7 Å². The molecule has 30 heavy (non-hydrogen) atoms. The molecule has 2 aromatic heterocycles. The lowest BCUT2D eigenvalue weighted by atomic mass is 9.82. The highest BCUT2D eigenvalue weighted by Gasteiger charge is 2.36. The van der Waals surface area contributed by atoms with Gasteiger partial charge in [-0.05, 0) is 42.9 Å². The van der Waals surface area contributed by atoms with Gasteiger partial charge in [0.25, 0.3) is 5.78 Å². The van der Waals surface area contributed by atoms with Gasteiger partial charge in [0, 0.05) is 17.7 Å². The highest BCUT2D eigenvalue weighted by molar-refractivity contribution is 5.48. The predicted molar refractivity (Wildman–Crippen MR) is 105 cm³/mol. The van der Waals surface area contributed by atoms with Crippen molar-refractivity contribution < 1.29 is 17.6 Å². The molecule has 0 spiro atoms. The molecule has 1 aliphatic carbocycles. The van der Waals surface area contributed by atoms with Gasteiger partial charge in [0.05, 0.1) is 11.6 Å². The zero-order valence-corrected chi connectivity index (χ0v) is 17.2. The first-order valence-corrected chi connectivity index (χ1v) is 9.81. The standard InChI is InChI=1S/C21H23F4N5/c1-11-9-16(30-19(26-11)28-18(29-30)12-5-6-12)27-17(20(2,3)4)13-7-8-14(15(22)10-13)21(23,24)25/h7-10,12,17,27H,5-6H2,1-4H3/t17-/m0/s1. The van der Waals surface area contributed by atoms with Gasteiger partial charge in [-0.25, -0.2) is 9.37 Å². The van der Waals surface area contributed by atoms with E-state index < -0.39 is 29.0 Å². The molecular weight excluding hydrogens is 398 g/mol. The Kier molecular flexibility index (Phi) is 4.74. The van der Waals surface area contributed by atoms with E-state index in [2.05, 4.69) is 20.4 Å². The van der Waals surface area contributed by atoms with Crippen LogP contribution in [0.25, 0.3) is 5.78 Å². The van der Waals surface area contributed by atoms with Gasteiger partial charge in [0.15, 0.2) is 5.82 Å². The van der Waals surface area contributed by atoms with E-state index in [1.165, 1.54) is 6.07 Å². The predicted octanol–water partition coefficient (Wildman–Crippen LogP) is 5.67. The van der Waals surface area contributed by atoms with Crippen molar-refractivity contribution in [3.05, 3.63) is 52.7 Å². The van der Waals surface area contributed by atoms with Crippen molar-refractivity contribution in [2.75, 3.05) is 5.32 Å². The first-order valence-electron chi connectivity index (χ1n) is 9.81. The molecule has 1 aromatic carbocycles. The summed E-state index contributed by atoms with van der Waals surface area (Å²) in [6.45, 7) is 7.63. The van der Waals surface area contributed by atoms with Crippen molar-refractivity contribution >= 4 is 11.6 Å². The Labute approximate surface area is 171 Å². The fourth-order valence-electron chi connectivity index (χ4n) is 3.51. The smallest absolute Gasteiger partial charge is 0.363 e. The van der Waals surface area contributed by atoms with E-state index in [1.54, 1.807) is 10.6 Å². The van der Waals surface area contributed by atoms with Crippen LogP contribution in [0.2, 0.25) is 0 Å². The second-order valence-corrected chi connectivity index (χ2v) is 8.92. The number of aryl methyl sites for hydroxylation is 1. The summed E-state index contributed by atoms with van der Waals surface area (Å²) >= 11 is 0. The fourth-order valence-corrected chi connectivity index (χ4v) is 3.51. The summed E-state index contributed by atoms with van der Waals surface area (Å²) < 4.78 is 54.8. The van der Waals surface area contributed by atoms with Crippen molar-refractivity contribution in [1.29, 1.82) is 0 Å². The van der Waals surface area contributed by atoms with Crippen LogP contribution >= 0.6 is 0 Å². The number of hydrogen-bond acceptors (Lipinski definition) is 4. The fraction of sp³-hybridized carbons (Fsp3) is 0.476. The third-order valence-corrected chi connectivity index (χ3v) is 5.19. The summed E-state index contributed by atoms with van der Waals surface area (Å²) in [7, 11) is 0. The van der Waals surface area contributed by atoms with Crippen LogP contribution in [-0.2, 0) is 6.18 Å². The molecule has 5 nitrogen and oxygen atoms in total. The average molecular weight is 421 g/mol. The van der Waals surface area contributed by atoms with Crippen molar-refractivity contribution in [1.82, 2.24) is 19.6 Å². The van der Waals surface area contributed by atoms with E-state index in [-0.39, 0.29) is 0 Å². The summed E-state index contributed by atoms with van der Waals surface area (Å²) in [6, 6.07) is 4.38. The van der Waals surface area contributed by atoms with Crippen LogP contribution in [0.5, 0.6) is 0 Å².